The number of rotatable bonds is 7. The lowest BCUT2D eigenvalue weighted by Gasteiger charge is -2.19. The van der Waals surface area contributed by atoms with Gasteiger partial charge in [-0.3, -0.25) is 9.59 Å². The molecule has 202 valence electrons. The zero-order valence-electron chi connectivity index (χ0n) is 18.1. The van der Waals surface area contributed by atoms with E-state index in [0.717, 1.165) is 18.2 Å². The Morgan fingerprint density at radius 2 is 1.59 bits per heavy atom. The number of carbonyl (C=O) groups is 2. The van der Waals surface area contributed by atoms with E-state index in [1.165, 1.54) is 12.1 Å². The lowest BCUT2D eigenvalue weighted by atomic mass is 9.95. The molecule has 37 heavy (non-hydrogen) atoms. The number of carbonyl (C=O) groups excluding carboxylic acids is 2. The van der Waals surface area contributed by atoms with Gasteiger partial charge in [-0.15, -0.1) is 0 Å². The summed E-state index contributed by atoms with van der Waals surface area (Å²) in [5.74, 6) is -4.41. The zero-order valence-corrected chi connectivity index (χ0v) is 20.4. The first-order chi connectivity index (χ1) is 16.9. The smallest absolute Gasteiger partial charge is 0.345 e. The minimum atomic E-state index is -4.96. The van der Waals surface area contributed by atoms with E-state index in [0.29, 0.717) is 18.2 Å². The van der Waals surface area contributed by atoms with Crippen LogP contribution in [0.25, 0.3) is 6.08 Å². The third-order valence-corrected chi connectivity index (χ3v) is 5.45. The van der Waals surface area contributed by atoms with Gasteiger partial charge in [-0.05, 0) is 57.4 Å². The number of alkyl halides is 9. The van der Waals surface area contributed by atoms with Crippen LogP contribution >= 0.6 is 27.5 Å². The summed E-state index contributed by atoms with van der Waals surface area (Å²) in [4.78, 5) is 23.6. The molecular formula is C22H15BrClF9N2O2. The minimum Gasteiger partial charge on any atom is -0.345 e. The molecule has 0 bridgehead atoms. The molecule has 2 rings (SSSR count). The second kappa shape index (κ2) is 11.8. The number of allylic oxidation sites excluding steroid dienone is 1. The molecular weight excluding hydrogens is 611 g/mol. The topological polar surface area (TPSA) is 58.2 Å². The molecule has 0 aliphatic rings. The van der Waals surface area contributed by atoms with Crippen LogP contribution in [0, 0.1) is 0 Å². The average Bonchev–Trinajstić information content (AvgIpc) is 2.74. The molecule has 0 aliphatic heterocycles. The van der Waals surface area contributed by atoms with Crippen molar-refractivity contribution >= 4 is 45.4 Å². The fourth-order valence-electron chi connectivity index (χ4n) is 2.91. The standard InChI is InChI=1S/C22H15BrClF9N2O2/c23-17-5-11(1-3-15(17)19(37)34-9-18(36)35-10-20(25,26)27)2-4-16(22(31,32)33)12-6-13(21(28,29)30)8-14(24)7-12/h1-8,16H,9-10H2,(H,34,37)(H,35,36)/b4-2+. The molecule has 1 atom stereocenters. The Hall–Kier alpha value is -2.74. The Morgan fingerprint density at radius 1 is 0.946 bits per heavy atom. The van der Waals surface area contributed by atoms with Gasteiger partial charge >= 0.3 is 18.5 Å². The molecule has 0 heterocycles. The molecule has 1 unspecified atom stereocenters. The van der Waals surface area contributed by atoms with Crippen LogP contribution in [0.4, 0.5) is 39.5 Å². The summed E-state index contributed by atoms with van der Waals surface area (Å²) in [5, 5.41) is 3.12. The van der Waals surface area contributed by atoms with Gasteiger partial charge in [0.15, 0.2) is 0 Å². The fourth-order valence-corrected chi connectivity index (χ4v) is 3.73. The first kappa shape index (κ1) is 30.5. The Morgan fingerprint density at radius 3 is 2.14 bits per heavy atom. The van der Waals surface area contributed by atoms with Gasteiger partial charge in [0.2, 0.25) is 5.91 Å². The summed E-state index contributed by atoms with van der Waals surface area (Å²) in [6.07, 6.45) is -12.9. The van der Waals surface area contributed by atoms with E-state index in [1.807, 2.05) is 0 Å². The fraction of sp³-hybridized carbons (Fsp3) is 0.273. The lowest BCUT2D eigenvalue weighted by Crippen LogP contribution is -2.40. The monoisotopic (exact) mass is 624 g/mol. The third-order valence-electron chi connectivity index (χ3n) is 4.57. The Balaban J connectivity index is 2.20. The zero-order chi connectivity index (χ0) is 28.2. The summed E-state index contributed by atoms with van der Waals surface area (Å²) in [6, 6.07) is 5.23. The summed E-state index contributed by atoms with van der Waals surface area (Å²) >= 11 is 8.64. The summed E-state index contributed by atoms with van der Waals surface area (Å²) < 4.78 is 116. The van der Waals surface area contributed by atoms with Gasteiger partial charge in [0.05, 0.1) is 23.6 Å². The highest BCUT2D eigenvalue weighted by atomic mass is 79.9. The minimum absolute atomic E-state index is 0.0634. The van der Waals surface area contributed by atoms with Crippen molar-refractivity contribution in [3.05, 3.63) is 74.2 Å². The van der Waals surface area contributed by atoms with Crippen LogP contribution in [0.15, 0.2) is 46.9 Å². The maximum atomic E-state index is 13.7. The van der Waals surface area contributed by atoms with Gasteiger partial charge in [0.25, 0.3) is 5.91 Å². The first-order valence-electron chi connectivity index (χ1n) is 9.90. The van der Waals surface area contributed by atoms with Gasteiger partial charge in [-0.1, -0.05) is 29.8 Å². The highest BCUT2D eigenvalue weighted by Gasteiger charge is 2.40. The van der Waals surface area contributed by atoms with E-state index >= 15 is 0 Å². The molecule has 2 amide bonds. The summed E-state index contributed by atoms with van der Waals surface area (Å²) in [5.41, 5.74) is -2.04. The van der Waals surface area contributed by atoms with Crippen LogP contribution in [0.3, 0.4) is 0 Å². The normalized spacial score (nSPS) is 13.5. The van der Waals surface area contributed by atoms with Crippen molar-refractivity contribution in [1.29, 1.82) is 0 Å². The lowest BCUT2D eigenvalue weighted by molar-refractivity contribution is -0.142. The maximum Gasteiger partial charge on any atom is 0.416 e. The molecule has 2 aromatic rings. The van der Waals surface area contributed by atoms with Crippen molar-refractivity contribution in [1.82, 2.24) is 10.6 Å². The van der Waals surface area contributed by atoms with Crippen LogP contribution in [-0.4, -0.2) is 37.3 Å². The van der Waals surface area contributed by atoms with Gasteiger partial charge in [-0.25, -0.2) is 0 Å². The van der Waals surface area contributed by atoms with Crippen molar-refractivity contribution in [2.24, 2.45) is 0 Å². The van der Waals surface area contributed by atoms with Crippen molar-refractivity contribution in [2.75, 3.05) is 13.1 Å². The third kappa shape index (κ3) is 9.58. The van der Waals surface area contributed by atoms with E-state index in [1.54, 1.807) is 5.32 Å². The molecule has 15 heteroatoms. The van der Waals surface area contributed by atoms with Gasteiger partial charge < -0.3 is 10.6 Å². The van der Waals surface area contributed by atoms with Crippen molar-refractivity contribution in [3.63, 3.8) is 0 Å². The molecule has 2 N–H and O–H groups in total. The van der Waals surface area contributed by atoms with E-state index < -0.39 is 65.5 Å². The predicted molar refractivity (Wildman–Crippen MR) is 120 cm³/mol. The Kier molecular flexibility index (Phi) is 9.69. The first-order valence-corrected chi connectivity index (χ1v) is 11.1. The van der Waals surface area contributed by atoms with Crippen LogP contribution in [0.2, 0.25) is 5.02 Å². The molecule has 0 aliphatic carbocycles. The number of halogens is 11. The number of hydrogen-bond donors (Lipinski definition) is 2. The molecule has 0 saturated heterocycles. The predicted octanol–water partition coefficient (Wildman–Crippen LogP) is 6.89. The van der Waals surface area contributed by atoms with E-state index in [2.05, 4.69) is 21.2 Å². The summed E-state index contributed by atoms with van der Waals surface area (Å²) in [6.45, 7) is -2.35. The van der Waals surface area contributed by atoms with Crippen LogP contribution in [-0.2, 0) is 11.0 Å². The second-order valence-corrected chi connectivity index (χ2v) is 8.75. The molecule has 4 nitrogen and oxygen atoms in total. The number of benzene rings is 2. The Bertz CT molecular complexity index is 1180. The molecule has 0 saturated carbocycles. The Labute approximate surface area is 217 Å². The molecule has 0 spiro atoms. The van der Waals surface area contributed by atoms with E-state index in [-0.39, 0.29) is 15.6 Å². The number of nitrogens with one attached hydrogen (secondary N) is 2. The van der Waals surface area contributed by atoms with E-state index in [9.17, 15) is 49.1 Å². The molecule has 0 radical (unpaired) electrons. The second-order valence-electron chi connectivity index (χ2n) is 7.46. The van der Waals surface area contributed by atoms with Crippen LogP contribution in [0.1, 0.15) is 33.0 Å². The largest absolute Gasteiger partial charge is 0.416 e. The summed E-state index contributed by atoms with van der Waals surface area (Å²) in [7, 11) is 0. The van der Waals surface area contributed by atoms with Gasteiger partial charge in [0, 0.05) is 9.50 Å². The molecule has 0 fully saturated rings. The average molecular weight is 626 g/mol. The highest BCUT2D eigenvalue weighted by molar-refractivity contribution is 9.10. The number of hydrogen-bond acceptors (Lipinski definition) is 2. The highest BCUT2D eigenvalue weighted by Crippen LogP contribution is 2.40. The van der Waals surface area contributed by atoms with Crippen LogP contribution in [0.5, 0.6) is 0 Å². The maximum absolute atomic E-state index is 13.7. The molecule has 0 aromatic heterocycles. The van der Waals surface area contributed by atoms with Crippen LogP contribution < -0.4 is 10.6 Å². The quantitative estimate of drug-likeness (QED) is 0.330. The van der Waals surface area contributed by atoms with Gasteiger partial charge in [0.1, 0.15) is 6.54 Å². The van der Waals surface area contributed by atoms with Crippen molar-refractivity contribution in [3.8, 4) is 0 Å². The van der Waals surface area contributed by atoms with Crippen molar-refractivity contribution < 1.29 is 49.1 Å². The number of amides is 2. The van der Waals surface area contributed by atoms with Crippen molar-refractivity contribution in [2.45, 2.75) is 24.4 Å². The molecule has 2 aromatic carbocycles. The van der Waals surface area contributed by atoms with E-state index in [4.69, 9.17) is 11.6 Å². The SMILES string of the molecule is O=C(CNC(=O)c1ccc(/C=C/C(c2cc(Cl)cc(C(F)(F)F)c2)C(F)(F)F)cc1Br)NCC(F)(F)F. The van der Waals surface area contributed by atoms with Gasteiger partial charge in [-0.2, -0.15) is 39.5 Å².